The molecular weight excluding hydrogens is 338 g/mol. The van der Waals surface area contributed by atoms with Gasteiger partial charge < -0.3 is 25.3 Å². The fourth-order valence-corrected chi connectivity index (χ4v) is 3.18. The van der Waals surface area contributed by atoms with Crippen LogP contribution in [0.5, 0.6) is 17.2 Å². The maximum atomic E-state index is 5.92. The number of nitrogens with one attached hydrogen (secondary N) is 1. The topological polar surface area (TPSA) is 78.1 Å². The first-order valence-corrected chi connectivity index (χ1v) is 8.91. The highest BCUT2D eigenvalue weighted by atomic mass is 32.1. The summed E-state index contributed by atoms with van der Waals surface area (Å²) in [4.78, 5) is 5.66. The van der Waals surface area contributed by atoms with Crippen molar-refractivity contribution in [3.8, 4) is 17.2 Å². The van der Waals surface area contributed by atoms with Gasteiger partial charge in [-0.1, -0.05) is 12.1 Å². The third-order valence-electron chi connectivity index (χ3n) is 3.71. The van der Waals surface area contributed by atoms with Crippen LogP contribution in [-0.2, 0) is 12.8 Å². The SMILES string of the molecule is COc1ccc(CCNC(N)=NCCc2cccs2)c(OC)c1OC. The number of ether oxygens (including phenoxy) is 3. The molecule has 0 amide bonds. The Morgan fingerprint density at radius 2 is 1.88 bits per heavy atom. The van der Waals surface area contributed by atoms with E-state index in [0.29, 0.717) is 36.3 Å². The van der Waals surface area contributed by atoms with Gasteiger partial charge in [0.05, 0.1) is 21.3 Å². The maximum Gasteiger partial charge on any atom is 0.203 e. The van der Waals surface area contributed by atoms with Crippen molar-refractivity contribution in [3.05, 3.63) is 40.1 Å². The molecule has 0 atom stereocenters. The van der Waals surface area contributed by atoms with E-state index >= 15 is 0 Å². The summed E-state index contributed by atoms with van der Waals surface area (Å²) in [5, 5.41) is 5.20. The van der Waals surface area contributed by atoms with E-state index < -0.39 is 0 Å². The second kappa shape index (κ2) is 9.78. The van der Waals surface area contributed by atoms with Crippen molar-refractivity contribution in [2.45, 2.75) is 12.8 Å². The van der Waals surface area contributed by atoms with Crippen LogP contribution in [0.2, 0.25) is 0 Å². The molecule has 0 radical (unpaired) electrons. The lowest BCUT2D eigenvalue weighted by atomic mass is 10.1. The Morgan fingerprint density at radius 1 is 1.08 bits per heavy atom. The van der Waals surface area contributed by atoms with Crippen LogP contribution in [-0.4, -0.2) is 40.4 Å². The number of thiophene rings is 1. The summed E-state index contributed by atoms with van der Waals surface area (Å²) in [6.07, 6.45) is 1.63. The molecule has 0 saturated carbocycles. The van der Waals surface area contributed by atoms with Crippen molar-refractivity contribution in [1.82, 2.24) is 5.32 Å². The lowest BCUT2D eigenvalue weighted by molar-refractivity contribution is 0.322. The van der Waals surface area contributed by atoms with E-state index in [0.717, 1.165) is 18.4 Å². The number of benzene rings is 1. The molecule has 1 aromatic carbocycles. The molecule has 2 rings (SSSR count). The first-order chi connectivity index (χ1) is 12.2. The predicted molar refractivity (Wildman–Crippen MR) is 102 cm³/mol. The van der Waals surface area contributed by atoms with Crippen LogP contribution < -0.4 is 25.3 Å². The van der Waals surface area contributed by atoms with Gasteiger partial charge in [0.1, 0.15) is 0 Å². The molecule has 7 heteroatoms. The molecule has 25 heavy (non-hydrogen) atoms. The lowest BCUT2D eigenvalue weighted by Gasteiger charge is -2.16. The smallest absolute Gasteiger partial charge is 0.203 e. The summed E-state index contributed by atoms with van der Waals surface area (Å²) < 4.78 is 16.2. The summed E-state index contributed by atoms with van der Waals surface area (Å²) in [6, 6.07) is 7.98. The number of nitrogens with zero attached hydrogens (tertiary/aromatic N) is 1. The van der Waals surface area contributed by atoms with Crippen molar-refractivity contribution >= 4 is 17.3 Å². The number of hydrogen-bond acceptors (Lipinski definition) is 5. The van der Waals surface area contributed by atoms with Gasteiger partial charge >= 0.3 is 0 Å². The van der Waals surface area contributed by atoms with Crippen LogP contribution in [0.15, 0.2) is 34.6 Å². The third kappa shape index (κ3) is 5.29. The summed E-state index contributed by atoms with van der Waals surface area (Å²) in [5.74, 6) is 2.37. The maximum absolute atomic E-state index is 5.92. The van der Waals surface area contributed by atoms with Gasteiger partial charge in [0.25, 0.3) is 0 Å². The van der Waals surface area contributed by atoms with Crippen LogP contribution in [0.1, 0.15) is 10.4 Å². The lowest BCUT2D eigenvalue weighted by Crippen LogP contribution is -2.33. The van der Waals surface area contributed by atoms with Crippen molar-refractivity contribution in [1.29, 1.82) is 0 Å². The van der Waals surface area contributed by atoms with Gasteiger partial charge in [-0.25, -0.2) is 0 Å². The highest BCUT2D eigenvalue weighted by Gasteiger charge is 2.15. The minimum absolute atomic E-state index is 0.455. The van der Waals surface area contributed by atoms with E-state index in [9.17, 15) is 0 Å². The molecule has 6 nitrogen and oxygen atoms in total. The fourth-order valence-electron chi connectivity index (χ4n) is 2.48. The quantitative estimate of drug-likeness (QED) is 0.529. The molecule has 136 valence electrons. The number of aliphatic imine (C=N–C) groups is 1. The predicted octanol–water partition coefficient (Wildman–Crippen LogP) is 2.46. The third-order valence-corrected chi connectivity index (χ3v) is 4.64. The van der Waals surface area contributed by atoms with Crippen molar-refractivity contribution < 1.29 is 14.2 Å². The van der Waals surface area contributed by atoms with Crippen LogP contribution in [0.4, 0.5) is 0 Å². The van der Waals surface area contributed by atoms with E-state index in [2.05, 4.69) is 21.8 Å². The average Bonchev–Trinajstić information content (AvgIpc) is 3.14. The highest BCUT2D eigenvalue weighted by Crippen LogP contribution is 2.39. The average molecular weight is 363 g/mol. The molecule has 1 aromatic heterocycles. The number of methoxy groups -OCH3 is 3. The molecule has 0 fully saturated rings. The molecule has 0 unspecified atom stereocenters. The Hall–Kier alpha value is -2.41. The number of guanidine groups is 1. The summed E-state index contributed by atoms with van der Waals surface area (Å²) in [6.45, 7) is 1.33. The first kappa shape index (κ1) is 18.9. The van der Waals surface area contributed by atoms with Crippen molar-refractivity contribution in [2.75, 3.05) is 34.4 Å². The van der Waals surface area contributed by atoms with Crippen LogP contribution >= 0.6 is 11.3 Å². The van der Waals surface area contributed by atoms with Gasteiger partial charge in [0.2, 0.25) is 5.75 Å². The van der Waals surface area contributed by atoms with Crippen molar-refractivity contribution in [3.63, 3.8) is 0 Å². The molecule has 2 aromatic rings. The second-order valence-electron chi connectivity index (χ2n) is 5.27. The summed E-state index contributed by atoms with van der Waals surface area (Å²) >= 11 is 1.73. The van der Waals surface area contributed by atoms with E-state index in [1.54, 1.807) is 32.7 Å². The molecule has 0 bridgehead atoms. The highest BCUT2D eigenvalue weighted by molar-refractivity contribution is 7.09. The van der Waals surface area contributed by atoms with Gasteiger partial charge in [-0.05, 0) is 23.9 Å². The summed E-state index contributed by atoms with van der Waals surface area (Å²) in [7, 11) is 4.82. The minimum atomic E-state index is 0.455. The Bertz CT molecular complexity index is 687. The molecule has 1 heterocycles. The second-order valence-corrected chi connectivity index (χ2v) is 6.30. The molecule has 0 saturated heterocycles. The minimum Gasteiger partial charge on any atom is -0.493 e. The zero-order valence-corrected chi connectivity index (χ0v) is 15.7. The number of nitrogens with two attached hydrogens (primary N) is 1. The van der Waals surface area contributed by atoms with Gasteiger partial charge in [-0.15, -0.1) is 11.3 Å². The van der Waals surface area contributed by atoms with Gasteiger partial charge in [0.15, 0.2) is 17.5 Å². The molecule has 0 aliphatic carbocycles. The molecule has 3 N–H and O–H groups in total. The van der Waals surface area contributed by atoms with E-state index in [-0.39, 0.29) is 0 Å². The largest absolute Gasteiger partial charge is 0.493 e. The van der Waals surface area contributed by atoms with Crippen LogP contribution in [0, 0.1) is 0 Å². The Morgan fingerprint density at radius 3 is 2.52 bits per heavy atom. The zero-order valence-electron chi connectivity index (χ0n) is 14.9. The number of hydrogen-bond donors (Lipinski definition) is 2. The molecule has 0 aliphatic rings. The standard InChI is InChI=1S/C18H25N3O3S/c1-22-15-7-6-13(16(23-2)17(15)24-3)8-10-20-18(19)21-11-9-14-5-4-12-25-14/h4-7,12H,8-11H2,1-3H3,(H3,19,20,21). The summed E-state index contributed by atoms with van der Waals surface area (Å²) in [5.41, 5.74) is 6.93. The van der Waals surface area contributed by atoms with Gasteiger partial charge in [-0.3, -0.25) is 4.99 Å². The van der Waals surface area contributed by atoms with Gasteiger partial charge in [0, 0.05) is 30.0 Å². The van der Waals surface area contributed by atoms with Crippen LogP contribution in [0.3, 0.4) is 0 Å². The monoisotopic (exact) mass is 363 g/mol. The van der Waals surface area contributed by atoms with E-state index in [1.807, 2.05) is 18.2 Å². The molecular formula is C18H25N3O3S. The zero-order chi connectivity index (χ0) is 18.1. The first-order valence-electron chi connectivity index (χ1n) is 8.03. The Labute approximate surface area is 152 Å². The number of rotatable bonds is 9. The Balaban J connectivity index is 1.88. The van der Waals surface area contributed by atoms with E-state index in [1.165, 1.54) is 4.88 Å². The normalized spacial score (nSPS) is 11.2. The van der Waals surface area contributed by atoms with E-state index in [4.69, 9.17) is 19.9 Å². The van der Waals surface area contributed by atoms with Crippen molar-refractivity contribution in [2.24, 2.45) is 10.7 Å². The van der Waals surface area contributed by atoms with Crippen LogP contribution in [0.25, 0.3) is 0 Å². The fraction of sp³-hybridized carbons (Fsp3) is 0.389. The molecule has 0 aliphatic heterocycles. The molecule has 0 spiro atoms. The Kier molecular flexibility index (Phi) is 7.40. The van der Waals surface area contributed by atoms with Gasteiger partial charge in [-0.2, -0.15) is 0 Å².